The summed E-state index contributed by atoms with van der Waals surface area (Å²) in [6.45, 7) is 3.89. The highest BCUT2D eigenvalue weighted by molar-refractivity contribution is 7.12. The lowest BCUT2D eigenvalue weighted by Gasteiger charge is -2.34. The van der Waals surface area contributed by atoms with Gasteiger partial charge in [-0.3, -0.25) is 9.69 Å². The Morgan fingerprint density at radius 3 is 2.59 bits per heavy atom. The number of hydrogen-bond acceptors (Lipinski definition) is 5. The van der Waals surface area contributed by atoms with Crippen LogP contribution in [0.15, 0.2) is 59.3 Å². The zero-order valence-corrected chi connectivity index (χ0v) is 16.6. The molecule has 0 unspecified atom stereocenters. The molecule has 140 valence electrons. The maximum absolute atomic E-state index is 12.9. The van der Waals surface area contributed by atoms with Gasteiger partial charge in [0.15, 0.2) is 0 Å². The third-order valence-electron chi connectivity index (χ3n) is 4.77. The van der Waals surface area contributed by atoms with Gasteiger partial charge in [0, 0.05) is 30.1 Å². The Labute approximate surface area is 167 Å². The Balaban J connectivity index is 1.48. The summed E-state index contributed by atoms with van der Waals surface area (Å²) < 4.78 is 5.49. The van der Waals surface area contributed by atoms with Crippen LogP contribution < -0.4 is 5.32 Å². The molecule has 0 aliphatic carbocycles. The van der Waals surface area contributed by atoms with Crippen LogP contribution in [-0.4, -0.2) is 43.7 Å². The Morgan fingerprint density at radius 2 is 1.85 bits per heavy atom. The van der Waals surface area contributed by atoms with Crippen molar-refractivity contribution in [2.45, 2.75) is 6.04 Å². The van der Waals surface area contributed by atoms with Crippen LogP contribution in [-0.2, 0) is 4.74 Å². The second kappa shape index (κ2) is 8.80. The van der Waals surface area contributed by atoms with Crippen molar-refractivity contribution >= 4 is 28.6 Å². The minimum atomic E-state index is -0.00123. The molecular weight excluding hydrogens is 376 g/mol. The molecule has 1 aromatic carbocycles. The third kappa shape index (κ3) is 4.30. The van der Waals surface area contributed by atoms with Crippen molar-refractivity contribution in [1.82, 2.24) is 10.2 Å². The molecule has 3 aromatic rings. The summed E-state index contributed by atoms with van der Waals surface area (Å²) in [6, 6.07) is 16.5. The summed E-state index contributed by atoms with van der Waals surface area (Å²) in [6.07, 6.45) is 0. The summed E-state index contributed by atoms with van der Waals surface area (Å²) in [7, 11) is 0. The molecule has 1 N–H and O–H groups in total. The fourth-order valence-electron chi connectivity index (χ4n) is 3.38. The maximum atomic E-state index is 12.9. The monoisotopic (exact) mass is 398 g/mol. The van der Waals surface area contributed by atoms with Crippen LogP contribution in [0.3, 0.4) is 0 Å². The van der Waals surface area contributed by atoms with E-state index in [-0.39, 0.29) is 11.9 Å². The predicted octanol–water partition coefficient (Wildman–Crippen LogP) is 4.28. The van der Waals surface area contributed by atoms with E-state index in [1.807, 2.05) is 41.8 Å². The predicted molar refractivity (Wildman–Crippen MR) is 112 cm³/mol. The molecule has 1 saturated heterocycles. The van der Waals surface area contributed by atoms with Crippen molar-refractivity contribution < 1.29 is 9.53 Å². The molecule has 1 amide bonds. The third-order valence-corrected chi connectivity index (χ3v) is 6.66. The molecule has 1 fully saturated rings. The first kappa shape index (κ1) is 18.4. The van der Waals surface area contributed by atoms with E-state index in [2.05, 4.69) is 27.7 Å². The Hall–Kier alpha value is -1.99. The molecule has 0 bridgehead atoms. The molecule has 1 atom stereocenters. The van der Waals surface area contributed by atoms with Gasteiger partial charge >= 0.3 is 0 Å². The summed E-state index contributed by atoms with van der Waals surface area (Å²) >= 11 is 3.24. The largest absolute Gasteiger partial charge is 0.379 e. The van der Waals surface area contributed by atoms with Crippen molar-refractivity contribution in [3.05, 3.63) is 69.0 Å². The highest BCUT2D eigenvalue weighted by Gasteiger charge is 2.24. The second-order valence-electron chi connectivity index (χ2n) is 6.42. The van der Waals surface area contributed by atoms with Crippen LogP contribution >= 0.6 is 22.7 Å². The molecule has 6 heteroatoms. The minimum absolute atomic E-state index is 0.00123. The highest BCUT2D eigenvalue weighted by Crippen LogP contribution is 2.29. The quantitative estimate of drug-likeness (QED) is 0.674. The zero-order chi connectivity index (χ0) is 18.5. The van der Waals surface area contributed by atoms with E-state index in [0.717, 1.165) is 42.3 Å². The van der Waals surface area contributed by atoms with Crippen molar-refractivity contribution in [2.24, 2.45) is 0 Å². The van der Waals surface area contributed by atoms with Gasteiger partial charge in [-0.2, -0.15) is 0 Å². The van der Waals surface area contributed by atoms with Crippen molar-refractivity contribution in [1.29, 1.82) is 0 Å². The van der Waals surface area contributed by atoms with Gasteiger partial charge in [-0.05, 0) is 28.5 Å². The van der Waals surface area contributed by atoms with Gasteiger partial charge in [0.25, 0.3) is 5.91 Å². The lowest BCUT2D eigenvalue weighted by molar-refractivity contribution is 0.0169. The fraction of sp³-hybridized carbons (Fsp3) is 0.286. The van der Waals surface area contributed by atoms with Gasteiger partial charge in [-0.25, -0.2) is 0 Å². The Bertz CT molecular complexity index is 855. The van der Waals surface area contributed by atoms with E-state index in [1.165, 1.54) is 16.2 Å². The number of hydrogen-bond donors (Lipinski definition) is 1. The number of amides is 1. The molecular formula is C21H22N2O2S2. The number of carbonyl (C=O) groups is 1. The Kier molecular flexibility index (Phi) is 5.99. The van der Waals surface area contributed by atoms with E-state index >= 15 is 0 Å². The first-order chi connectivity index (χ1) is 13.3. The number of morpholine rings is 1. The van der Waals surface area contributed by atoms with Crippen molar-refractivity contribution in [3.8, 4) is 11.1 Å². The van der Waals surface area contributed by atoms with Gasteiger partial charge in [-0.1, -0.05) is 36.4 Å². The standard InChI is InChI=1S/C21H22N2O2S2/c24-21(20-17(8-14-27-20)16-5-2-1-3-6-16)22-15-18(19-7-4-13-26-19)23-9-11-25-12-10-23/h1-8,13-14,18H,9-12,15H2,(H,22,24)/t18-/m1/s1. The van der Waals surface area contributed by atoms with Gasteiger partial charge in [-0.15, -0.1) is 22.7 Å². The number of thiophene rings is 2. The van der Waals surface area contributed by atoms with Gasteiger partial charge < -0.3 is 10.1 Å². The van der Waals surface area contributed by atoms with Crippen LogP contribution in [0.2, 0.25) is 0 Å². The number of nitrogens with zero attached hydrogens (tertiary/aromatic N) is 1. The molecule has 0 radical (unpaired) electrons. The summed E-state index contributed by atoms with van der Waals surface area (Å²) in [5.41, 5.74) is 2.07. The van der Waals surface area contributed by atoms with Gasteiger partial charge in [0.05, 0.1) is 24.1 Å². The highest BCUT2D eigenvalue weighted by atomic mass is 32.1. The topological polar surface area (TPSA) is 41.6 Å². The van der Waals surface area contributed by atoms with E-state index in [0.29, 0.717) is 6.54 Å². The number of carbonyl (C=O) groups excluding carboxylic acids is 1. The van der Waals surface area contributed by atoms with Crippen LogP contribution in [0.25, 0.3) is 11.1 Å². The molecule has 4 nitrogen and oxygen atoms in total. The normalized spacial score (nSPS) is 16.1. The average molecular weight is 399 g/mol. The maximum Gasteiger partial charge on any atom is 0.262 e. The fourth-order valence-corrected chi connectivity index (χ4v) is 5.07. The molecule has 27 heavy (non-hydrogen) atoms. The number of rotatable bonds is 6. The van der Waals surface area contributed by atoms with E-state index in [9.17, 15) is 4.79 Å². The van der Waals surface area contributed by atoms with Crippen molar-refractivity contribution in [3.63, 3.8) is 0 Å². The molecule has 0 spiro atoms. The van der Waals surface area contributed by atoms with Gasteiger partial charge in [0.1, 0.15) is 0 Å². The van der Waals surface area contributed by atoms with E-state index in [1.54, 1.807) is 11.3 Å². The molecule has 1 aliphatic rings. The first-order valence-electron chi connectivity index (χ1n) is 9.09. The zero-order valence-electron chi connectivity index (χ0n) is 15.0. The van der Waals surface area contributed by atoms with Gasteiger partial charge in [0.2, 0.25) is 0 Å². The molecule has 4 rings (SSSR count). The molecule has 3 heterocycles. The minimum Gasteiger partial charge on any atom is -0.379 e. The van der Waals surface area contributed by atoms with E-state index < -0.39 is 0 Å². The number of nitrogens with one attached hydrogen (secondary N) is 1. The SMILES string of the molecule is O=C(NC[C@H](c1cccs1)N1CCOCC1)c1sccc1-c1ccccc1. The molecule has 0 saturated carbocycles. The average Bonchev–Trinajstić information content (AvgIpc) is 3.42. The number of ether oxygens (including phenoxy) is 1. The lowest BCUT2D eigenvalue weighted by Crippen LogP contribution is -2.43. The Morgan fingerprint density at radius 1 is 1.04 bits per heavy atom. The summed E-state index contributed by atoms with van der Waals surface area (Å²) in [5, 5.41) is 7.25. The summed E-state index contributed by atoms with van der Waals surface area (Å²) in [5.74, 6) is -0.00123. The van der Waals surface area contributed by atoms with Crippen molar-refractivity contribution in [2.75, 3.05) is 32.8 Å². The first-order valence-corrected chi connectivity index (χ1v) is 10.8. The second-order valence-corrected chi connectivity index (χ2v) is 8.31. The van der Waals surface area contributed by atoms with Crippen LogP contribution in [0.1, 0.15) is 20.6 Å². The number of benzene rings is 1. The van der Waals surface area contributed by atoms with Crippen LogP contribution in [0.5, 0.6) is 0 Å². The van der Waals surface area contributed by atoms with Crippen LogP contribution in [0.4, 0.5) is 0 Å². The molecule has 1 aliphatic heterocycles. The van der Waals surface area contributed by atoms with Crippen LogP contribution in [0, 0.1) is 0 Å². The summed E-state index contributed by atoms with van der Waals surface area (Å²) in [4.78, 5) is 17.4. The van der Waals surface area contributed by atoms with E-state index in [4.69, 9.17) is 4.74 Å². The molecule has 2 aromatic heterocycles. The smallest absolute Gasteiger partial charge is 0.262 e. The lowest BCUT2D eigenvalue weighted by atomic mass is 10.1.